The molecule has 3 aliphatic rings. The van der Waals surface area contributed by atoms with Crippen molar-refractivity contribution in [2.45, 2.75) is 42.4 Å². The van der Waals surface area contributed by atoms with Crippen LogP contribution >= 0.6 is 0 Å². The molecule has 33 heavy (non-hydrogen) atoms. The van der Waals surface area contributed by atoms with Gasteiger partial charge in [-0.1, -0.05) is 19.9 Å². The van der Waals surface area contributed by atoms with E-state index in [1.807, 2.05) is 24.7 Å². The van der Waals surface area contributed by atoms with E-state index in [0.29, 0.717) is 10.8 Å². The molecule has 2 aromatic heterocycles. The zero-order valence-corrected chi connectivity index (χ0v) is 19.7. The highest BCUT2D eigenvalue weighted by molar-refractivity contribution is 7.91. The summed E-state index contributed by atoms with van der Waals surface area (Å²) in [6.45, 7) is 6.66. The molecule has 1 saturated carbocycles. The average Bonchev–Trinajstić information content (AvgIpc) is 3.54. The van der Waals surface area contributed by atoms with Crippen LogP contribution in [0.5, 0.6) is 0 Å². The van der Waals surface area contributed by atoms with Crippen LogP contribution in [-0.4, -0.2) is 48.8 Å². The predicted molar refractivity (Wildman–Crippen MR) is 128 cm³/mol. The van der Waals surface area contributed by atoms with Gasteiger partial charge < -0.3 is 10.2 Å². The van der Waals surface area contributed by atoms with E-state index in [4.69, 9.17) is 0 Å². The first kappa shape index (κ1) is 20.7. The number of pyridine rings is 1. The van der Waals surface area contributed by atoms with E-state index in [1.54, 1.807) is 19.1 Å². The average molecular weight is 462 g/mol. The quantitative estimate of drug-likeness (QED) is 0.623. The summed E-state index contributed by atoms with van der Waals surface area (Å²) in [5.74, 6) is 0.685. The lowest BCUT2D eigenvalue weighted by Crippen LogP contribution is -2.54. The first-order valence-corrected chi connectivity index (χ1v) is 13.1. The Morgan fingerprint density at radius 3 is 2.45 bits per heavy atom. The van der Waals surface area contributed by atoms with E-state index in [0.717, 1.165) is 49.4 Å². The highest BCUT2D eigenvalue weighted by atomic mass is 32.2. The third-order valence-corrected chi connectivity index (χ3v) is 9.28. The van der Waals surface area contributed by atoms with Crippen molar-refractivity contribution in [1.82, 2.24) is 20.3 Å². The van der Waals surface area contributed by atoms with Crippen molar-refractivity contribution in [3.63, 3.8) is 0 Å². The van der Waals surface area contributed by atoms with Crippen molar-refractivity contribution in [2.75, 3.05) is 30.3 Å². The molecule has 2 aliphatic heterocycles. The Kier molecular flexibility index (Phi) is 4.45. The number of hydrogen-bond acceptors (Lipinski definition) is 7. The fraction of sp³-hybridized carbons (Fsp3) is 0.400. The summed E-state index contributed by atoms with van der Waals surface area (Å²) in [4.78, 5) is 16.3. The normalized spacial score (nSPS) is 19.9. The van der Waals surface area contributed by atoms with Gasteiger partial charge in [-0.2, -0.15) is 0 Å². The smallest absolute Gasteiger partial charge is 0.229 e. The fourth-order valence-corrected chi connectivity index (χ4v) is 5.93. The van der Waals surface area contributed by atoms with Gasteiger partial charge >= 0.3 is 0 Å². The second kappa shape index (κ2) is 7.08. The largest absolute Gasteiger partial charge is 0.315 e. The van der Waals surface area contributed by atoms with E-state index in [9.17, 15) is 8.42 Å². The third-order valence-electron chi connectivity index (χ3n) is 7.55. The molecular formula is C25H27N5O2S. The van der Waals surface area contributed by atoms with Gasteiger partial charge in [0.15, 0.2) is 9.84 Å². The van der Waals surface area contributed by atoms with Crippen LogP contribution in [0, 0.1) is 0 Å². The van der Waals surface area contributed by atoms with Gasteiger partial charge in [-0.05, 0) is 48.2 Å². The van der Waals surface area contributed by atoms with Crippen LogP contribution in [-0.2, 0) is 20.7 Å². The molecule has 3 aromatic rings. The highest BCUT2D eigenvalue weighted by Crippen LogP contribution is 2.58. The van der Waals surface area contributed by atoms with Gasteiger partial charge in [-0.3, -0.25) is 4.98 Å². The van der Waals surface area contributed by atoms with Crippen LogP contribution in [0.15, 0.2) is 53.8 Å². The van der Waals surface area contributed by atoms with Crippen molar-refractivity contribution in [1.29, 1.82) is 0 Å². The minimum absolute atomic E-state index is 0.0866. The zero-order valence-electron chi connectivity index (χ0n) is 18.9. The molecule has 1 aliphatic carbocycles. The van der Waals surface area contributed by atoms with Crippen molar-refractivity contribution in [3.8, 4) is 11.3 Å². The van der Waals surface area contributed by atoms with Gasteiger partial charge in [0.2, 0.25) is 5.95 Å². The van der Waals surface area contributed by atoms with E-state index < -0.39 is 9.84 Å². The number of aromatic nitrogens is 3. The molecule has 170 valence electrons. The van der Waals surface area contributed by atoms with Crippen LogP contribution in [0.2, 0.25) is 0 Å². The molecule has 8 heteroatoms. The standard InChI is InChI=1S/C25H27N5O2S/c1-3-33(31,32)19-4-5-20-22(11-19)30(16-25(20)7-8-25)23-28-12-17(13-29-23)21-10-18(6-9-27-21)24(2)14-26-15-24/h4-6,9-13,26H,3,7-8,14-16H2,1-2H3. The molecule has 0 atom stereocenters. The summed E-state index contributed by atoms with van der Waals surface area (Å²) in [5, 5.41) is 3.35. The van der Waals surface area contributed by atoms with Crippen LogP contribution in [0.3, 0.4) is 0 Å². The minimum atomic E-state index is -3.28. The van der Waals surface area contributed by atoms with E-state index >= 15 is 0 Å². The zero-order chi connectivity index (χ0) is 22.8. The van der Waals surface area contributed by atoms with Crippen molar-refractivity contribution >= 4 is 21.5 Å². The maximum Gasteiger partial charge on any atom is 0.229 e. The molecule has 1 spiro atoms. The lowest BCUT2D eigenvalue weighted by molar-refractivity contribution is 0.305. The summed E-state index contributed by atoms with van der Waals surface area (Å²) < 4.78 is 25.0. The number of rotatable bonds is 5. The fourth-order valence-electron chi connectivity index (χ4n) is 5.03. The van der Waals surface area contributed by atoms with Crippen molar-refractivity contribution < 1.29 is 8.42 Å². The van der Waals surface area contributed by atoms with Crippen molar-refractivity contribution in [2.24, 2.45) is 0 Å². The molecule has 7 nitrogen and oxygen atoms in total. The maximum absolute atomic E-state index is 12.5. The Bertz CT molecular complexity index is 1350. The Labute approximate surface area is 194 Å². The number of anilines is 2. The number of nitrogens with zero attached hydrogens (tertiary/aromatic N) is 4. The van der Waals surface area contributed by atoms with Crippen LogP contribution < -0.4 is 10.2 Å². The van der Waals surface area contributed by atoms with Crippen LogP contribution in [0.25, 0.3) is 11.3 Å². The summed E-state index contributed by atoms with van der Waals surface area (Å²) >= 11 is 0. The third kappa shape index (κ3) is 3.27. The number of fused-ring (bicyclic) bond motifs is 2. The Morgan fingerprint density at radius 2 is 1.82 bits per heavy atom. The first-order valence-electron chi connectivity index (χ1n) is 11.5. The Morgan fingerprint density at radius 1 is 1.06 bits per heavy atom. The number of sulfone groups is 1. The van der Waals surface area contributed by atoms with Gasteiger partial charge in [0.1, 0.15) is 0 Å². The molecule has 6 rings (SSSR count). The molecule has 1 saturated heterocycles. The Hall–Kier alpha value is -2.84. The predicted octanol–water partition coefficient (Wildman–Crippen LogP) is 3.38. The second-order valence-electron chi connectivity index (χ2n) is 9.81. The molecular weight excluding hydrogens is 434 g/mol. The summed E-state index contributed by atoms with van der Waals surface area (Å²) in [7, 11) is -3.28. The topological polar surface area (TPSA) is 88.1 Å². The molecule has 1 N–H and O–H groups in total. The second-order valence-corrected chi connectivity index (χ2v) is 12.1. The lowest BCUT2D eigenvalue weighted by atomic mass is 9.77. The number of benzene rings is 1. The number of nitrogens with one attached hydrogen (secondary N) is 1. The monoisotopic (exact) mass is 461 g/mol. The Balaban J connectivity index is 1.34. The van der Waals surface area contributed by atoms with E-state index in [-0.39, 0.29) is 16.6 Å². The molecule has 0 unspecified atom stereocenters. The summed E-state index contributed by atoms with van der Waals surface area (Å²) in [5.41, 5.74) is 5.38. The molecule has 0 radical (unpaired) electrons. The SMILES string of the molecule is CCS(=O)(=O)c1ccc2c(c1)N(c1ncc(-c3cc(C4(C)CNC4)ccn3)cn1)CC21CC1. The summed E-state index contributed by atoms with van der Waals surface area (Å²) in [6, 6.07) is 9.76. The molecule has 1 aromatic carbocycles. The molecule has 4 heterocycles. The van der Waals surface area contributed by atoms with Gasteiger partial charge in [0.05, 0.1) is 16.3 Å². The van der Waals surface area contributed by atoms with Gasteiger partial charge in [-0.25, -0.2) is 18.4 Å². The van der Waals surface area contributed by atoms with E-state index in [1.165, 1.54) is 11.1 Å². The van der Waals surface area contributed by atoms with Crippen LogP contribution in [0.1, 0.15) is 37.8 Å². The van der Waals surface area contributed by atoms with E-state index in [2.05, 4.69) is 44.2 Å². The first-order chi connectivity index (χ1) is 15.8. The van der Waals surface area contributed by atoms with Gasteiger partial charge in [0.25, 0.3) is 0 Å². The summed E-state index contributed by atoms with van der Waals surface area (Å²) in [6.07, 6.45) is 7.71. The van der Waals surface area contributed by atoms with Gasteiger partial charge in [0, 0.05) is 60.3 Å². The molecule has 2 fully saturated rings. The maximum atomic E-state index is 12.5. The van der Waals surface area contributed by atoms with Crippen LogP contribution in [0.4, 0.5) is 11.6 Å². The molecule has 0 bridgehead atoms. The number of hydrogen-bond donors (Lipinski definition) is 1. The highest BCUT2D eigenvalue weighted by Gasteiger charge is 2.52. The van der Waals surface area contributed by atoms with Gasteiger partial charge in [-0.15, -0.1) is 0 Å². The molecule has 0 amide bonds. The lowest BCUT2D eigenvalue weighted by Gasteiger charge is -2.40. The minimum Gasteiger partial charge on any atom is -0.315 e. The van der Waals surface area contributed by atoms with Crippen molar-refractivity contribution in [3.05, 3.63) is 60.0 Å².